The summed E-state index contributed by atoms with van der Waals surface area (Å²) in [6.45, 7) is 3.75. The Kier molecular flexibility index (Phi) is 6.70. The average molecular weight is 289 g/mol. The molecule has 1 aliphatic rings. The fourth-order valence-corrected chi connectivity index (χ4v) is 2.73. The van der Waals surface area contributed by atoms with Crippen molar-refractivity contribution in [1.82, 2.24) is 15.5 Å². The summed E-state index contributed by atoms with van der Waals surface area (Å²) in [5, 5.41) is 6.36. The molecule has 116 valence electrons. The highest BCUT2D eigenvalue weighted by Crippen LogP contribution is 2.06. The second kappa shape index (κ2) is 8.80. The smallest absolute Gasteiger partial charge is 0.237 e. The van der Waals surface area contributed by atoms with Gasteiger partial charge in [-0.15, -0.1) is 0 Å². The van der Waals surface area contributed by atoms with Crippen LogP contribution in [-0.2, 0) is 11.3 Å². The molecular formula is C17H27N3O. The van der Waals surface area contributed by atoms with E-state index in [1.165, 1.54) is 5.56 Å². The Morgan fingerprint density at radius 2 is 2.10 bits per heavy atom. The normalized spacial score (nSPS) is 19.3. The third kappa shape index (κ3) is 5.86. The van der Waals surface area contributed by atoms with Crippen LogP contribution >= 0.6 is 0 Å². The van der Waals surface area contributed by atoms with Gasteiger partial charge in [-0.2, -0.15) is 0 Å². The predicted octanol–water partition coefficient (Wildman–Crippen LogP) is 1.77. The van der Waals surface area contributed by atoms with Crippen LogP contribution in [0.1, 0.15) is 31.2 Å². The number of hydrogen-bond donors (Lipinski definition) is 2. The van der Waals surface area contributed by atoms with Gasteiger partial charge >= 0.3 is 0 Å². The van der Waals surface area contributed by atoms with Crippen LogP contribution in [0.4, 0.5) is 0 Å². The van der Waals surface area contributed by atoms with Crippen LogP contribution in [0.15, 0.2) is 30.3 Å². The van der Waals surface area contributed by atoms with Crippen LogP contribution < -0.4 is 10.6 Å². The molecule has 0 aliphatic carbocycles. The van der Waals surface area contributed by atoms with E-state index < -0.39 is 0 Å². The molecule has 4 heteroatoms. The van der Waals surface area contributed by atoms with E-state index in [4.69, 9.17) is 0 Å². The molecule has 0 saturated carbocycles. The molecule has 1 heterocycles. The van der Waals surface area contributed by atoms with Crippen molar-refractivity contribution in [2.45, 2.75) is 38.3 Å². The molecule has 21 heavy (non-hydrogen) atoms. The fraction of sp³-hybridized carbons (Fsp3) is 0.588. The van der Waals surface area contributed by atoms with Crippen molar-refractivity contribution in [1.29, 1.82) is 0 Å². The van der Waals surface area contributed by atoms with E-state index in [-0.39, 0.29) is 11.9 Å². The fourth-order valence-electron chi connectivity index (χ4n) is 2.73. The maximum Gasteiger partial charge on any atom is 0.237 e. The summed E-state index contributed by atoms with van der Waals surface area (Å²) in [6.07, 6.45) is 4.26. The summed E-state index contributed by atoms with van der Waals surface area (Å²) in [5.41, 5.74) is 1.34. The second-order valence-corrected chi connectivity index (χ2v) is 5.87. The molecule has 2 N–H and O–H groups in total. The summed E-state index contributed by atoms with van der Waals surface area (Å²) in [7, 11) is 2.14. The van der Waals surface area contributed by atoms with Gasteiger partial charge in [-0.1, -0.05) is 30.3 Å². The molecule has 1 saturated heterocycles. The van der Waals surface area contributed by atoms with Crippen molar-refractivity contribution in [3.63, 3.8) is 0 Å². The summed E-state index contributed by atoms with van der Waals surface area (Å²) in [4.78, 5) is 14.1. The van der Waals surface area contributed by atoms with Gasteiger partial charge in [-0.25, -0.2) is 0 Å². The van der Waals surface area contributed by atoms with Gasteiger partial charge in [0.2, 0.25) is 5.91 Å². The molecule has 1 aromatic carbocycles. The summed E-state index contributed by atoms with van der Waals surface area (Å²) in [5.74, 6) is 0.171. The minimum absolute atomic E-state index is 0.00642. The zero-order valence-corrected chi connectivity index (χ0v) is 13.0. The number of amides is 1. The Hall–Kier alpha value is -1.39. The molecule has 0 bridgehead atoms. The van der Waals surface area contributed by atoms with Gasteiger partial charge in [0.05, 0.1) is 6.04 Å². The first kappa shape index (κ1) is 16.0. The van der Waals surface area contributed by atoms with E-state index in [9.17, 15) is 4.79 Å². The largest absolute Gasteiger partial charge is 0.355 e. The molecule has 1 unspecified atom stereocenters. The number of benzene rings is 1. The number of nitrogens with one attached hydrogen (secondary N) is 2. The SMILES string of the molecule is CN(CCCNC1CCCCNC1=O)Cc1ccccc1. The highest BCUT2D eigenvalue weighted by atomic mass is 16.2. The Labute approximate surface area is 127 Å². The van der Waals surface area contributed by atoms with E-state index in [1.807, 2.05) is 6.07 Å². The van der Waals surface area contributed by atoms with Gasteiger partial charge in [0.25, 0.3) is 0 Å². The molecule has 0 aromatic heterocycles. The first-order valence-corrected chi connectivity index (χ1v) is 7.99. The van der Waals surface area contributed by atoms with Crippen molar-refractivity contribution in [2.75, 3.05) is 26.7 Å². The molecule has 0 spiro atoms. The third-order valence-corrected chi connectivity index (χ3v) is 3.94. The molecule has 0 radical (unpaired) electrons. The minimum atomic E-state index is 0.00642. The first-order chi connectivity index (χ1) is 10.3. The van der Waals surface area contributed by atoms with E-state index in [0.29, 0.717) is 0 Å². The van der Waals surface area contributed by atoms with E-state index in [0.717, 1.165) is 51.9 Å². The Balaban J connectivity index is 1.61. The summed E-state index contributed by atoms with van der Waals surface area (Å²) >= 11 is 0. The summed E-state index contributed by atoms with van der Waals surface area (Å²) in [6, 6.07) is 10.5. The summed E-state index contributed by atoms with van der Waals surface area (Å²) < 4.78 is 0. The van der Waals surface area contributed by atoms with Crippen molar-refractivity contribution < 1.29 is 4.79 Å². The van der Waals surface area contributed by atoms with Crippen LogP contribution in [0.25, 0.3) is 0 Å². The van der Waals surface area contributed by atoms with Gasteiger partial charge in [0.15, 0.2) is 0 Å². The lowest BCUT2D eigenvalue weighted by Gasteiger charge is -2.19. The minimum Gasteiger partial charge on any atom is -0.355 e. The van der Waals surface area contributed by atoms with Crippen molar-refractivity contribution >= 4 is 5.91 Å². The highest BCUT2D eigenvalue weighted by Gasteiger charge is 2.19. The average Bonchev–Trinajstić information content (AvgIpc) is 2.69. The van der Waals surface area contributed by atoms with Crippen LogP contribution in [0.5, 0.6) is 0 Å². The molecule has 1 atom stereocenters. The third-order valence-electron chi connectivity index (χ3n) is 3.94. The predicted molar refractivity (Wildman–Crippen MR) is 86.0 cm³/mol. The zero-order chi connectivity index (χ0) is 14.9. The lowest BCUT2D eigenvalue weighted by atomic mass is 10.1. The Morgan fingerprint density at radius 3 is 2.90 bits per heavy atom. The lowest BCUT2D eigenvalue weighted by Crippen LogP contribution is -2.43. The number of carbonyl (C=O) groups is 1. The highest BCUT2D eigenvalue weighted by molar-refractivity contribution is 5.81. The second-order valence-electron chi connectivity index (χ2n) is 5.87. The standard InChI is InChI=1S/C17H27N3O/c1-20(14-15-8-3-2-4-9-15)13-7-12-18-16-10-5-6-11-19-17(16)21/h2-4,8-9,16,18H,5-7,10-14H2,1H3,(H,19,21). The molecule has 1 fully saturated rings. The van der Waals surface area contributed by atoms with Gasteiger partial charge in [0, 0.05) is 13.1 Å². The van der Waals surface area contributed by atoms with Crippen molar-refractivity contribution in [2.24, 2.45) is 0 Å². The quantitative estimate of drug-likeness (QED) is 0.752. The Morgan fingerprint density at radius 1 is 1.29 bits per heavy atom. The van der Waals surface area contributed by atoms with Crippen molar-refractivity contribution in [3.05, 3.63) is 35.9 Å². The van der Waals surface area contributed by atoms with E-state index in [2.05, 4.69) is 46.8 Å². The molecule has 1 aromatic rings. The van der Waals surface area contributed by atoms with Gasteiger partial charge in [-0.3, -0.25) is 4.79 Å². The van der Waals surface area contributed by atoms with Crippen LogP contribution in [-0.4, -0.2) is 43.5 Å². The maximum atomic E-state index is 11.8. The first-order valence-electron chi connectivity index (χ1n) is 7.99. The van der Waals surface area contributed by atoms with Crippen LogP contribution in [0.2, 0.25) is 0 Å². The van der Waals surface area contributed by atoms with Gasteiger partial charge in [0.1, 0.15) is 0 Å². The van der Waals surface area contributed by atoms with Crippen LogP contribution in [0.3, 0.4) is 0 Å². The van der Waals surface area contributed by atoms with Gasteiger partial charge < -0.3 is 15.5 Å². The molecule has 2 rings (SSSR count). The van der Waals surface area contributed by atoms with E-state index in [1.54, 1.807) is 0 Å². The molecule has 1 amide bonds. The number of rotatable bonds is 7. The lowest BCUT2D eigenvalue weighted by molar-refractivity contribution is -0.122. The number of hydrogen-bond acceptors (Lipinski definition) is 3. The van der Waals surface area contributed by atoms with Crippen molar-refractivity contribution in [3.8, 4) is 0 Å². The van der Waals surface area contributed by atoms with E-state index >= 15 is 0 Å². The molecule has 4 nitrogen and oxygen atoms in total. The Bertz CT molecular complexity index is 421. The molecular weight excluding hydrogens is 262 g/mol. The van der Waals surface area contributed by atoms with Gasteiger partial charge in [-0.05, 0) is 51.4 Å². The molecule has 1 aliphatic heterocycles. The topological polar surface area (TPSA) is 44.4 Å². The zero-order valence-electron chi connectivity index (χ0n) is 13.0. The number of nitrogens with zero attached hydrogens (tertiary/aromatic N) is 1. The maximum absolute atomic E-state index is 11.8. The number of carbonyl (C=O) groups excluding carboxylic acids is 1. The van der Waals surface area contributed by atoms with Crippen LogP contribution in [0, 0.1) is 0 Å². The monoisotopic (exact) mass is 289 g/mol.